The number of fused-ring (bicyclic) bond motifs is 1. The van der Waals surface area contributed by atoms with Gasteiger partial charge in [-0.25, -0.2) is 19.4 Å². The number of halogens is 1. The van der Waals surface area contributed by atoms with Gasteiger partial charge in [-0.15, -0.1) is 0 Å². The Morgan fingerprint density at radius 3 is 2.74 bits per heavy atom. The van der Waals surface area contributed by atoms with E-state index in [1.54, 1.807) is 23.0 Å². The Kier molecular flexibility index (Phi) is 8.05. The third-order valence-electron chi connectivity index (χ3n) is 6.02. The van der Waals surface area contributed by atoms with Crippen molar-refractivity contribution in [1.82, 2.24) is 25.1 Å². The minimum atomic E-state index is -1.22. The summed E-state index contributed by atoms with van der Waals surface area (Å²) in [6.07, 6.45) is 3.61. The van der Waals surface area contributed by atoms with Crippen molar-refractivity contribution in [2.75, 3.05) is 32.1 Å². The van der Waals surface area contributed by atoms with Gasteiger partial charge in [0.2, 0.25) is 5.95 Å². The van der Waals surface area contributed by atoms with Gasteiger partial charge in [-0.05, 0) is 50.2 Å². The van der Waals surface area contributed by atoms with Crippen LogP contribution in [0.1, 0.15) is 23.2 Å². The summed E-state index contributed by atoms with van der Waals surface area (Å²) in [5.74, 6) is 0.117. The van der Waals surface area contributed by atoms with Crippen molar-refractivity contribution < 1.29 is 14.3 Å². The summed E-state index contributed by atoms with van der Waals surface area (Å²) in [6.45, 7) is 9.78. The molecule has 0 saturated carbocycles. The molecule has 0 atom stereocenters. The number of carbonyl (C=O) groups is 1. The lowest BCUT2D eigenvalue weighted by molar-refractivity contribution is 0.0600. The molecule has 3 aromatic rings. The largest absolute Gasteiger partial charge is 0.465 e. The van der Waals surface area contributed by atoms with E-state index < -0.39 is 14.0 Å². The van der Waals surface area contributed by atoms with E-state index in [1.165, 1.54) is 7.11 Å². The summed E-state index contributed by atoms with van der Waals surface area (Å²) in [5, 5.41) is 12.8. The predicted molar refractivity (Wildman–Crippen MR) is 141 cm³/mol. The third-order valence-corrected chi connectivity index (χ3v) is 8.00. The summed E-state index contributed by atoms with van der Waals surface area (Å²) in [5.41, 5.74) is 2.34. The standard InChI is InChI=1S/C24H33ClN6O3Si/c1-33-23(32)16-5-6-18-20(13-16)31(15-34-11-12-35(2,3)4)30-21(18)22-19(25)14-27-24(29-22)28-17-7-9-26-10-8-17/h5-6,13-14,17,26H,7-12,15H2,1-4H3,(H,27,28,29). The molecular formula is C24H33ClN6O3Si. The Morgan fingerprint density at radius 1 is 1.26 bits per heavy atom. The van der Waals surface area contributed by atoms with Crippen molar-refractivity contribution in [3.05, 3.63) is 35.0 Å². The lowest BCUT2D eigenvalue weighted by Crippen LogP contribution is -2.35. The van der Waals surface area contributed by atoms with Crippen LogP contribution in [-0.4, -0.2) is 66.6 Å². The molecule has 0 amide bonds. The second kappa shape index (κ2) is 11.0. The number of esters is 1. The second-order valence-electron chi connectivity index (χ2n) is 9.98. The van der Waals surface area contributed by atoms with Gasteiger partial charge < -0.3 is 20.1 Å². The van der Waals surface area contributed by atoms with Gasteiger partial charge in [0, 0.05) is 26.1 Å². The molecular weight excluding hydrogens is 484 g/mol. The van der Waals surface area contributed by atoms with Crippen LogP contribution in [0.25, 0.3) is 22.3 Å². The minimum Gasteiger partial charge on any atom is -0.465 e. The maximum Gasteiger partial charge on any atom is 0.337 e. The summed E-state index contributed by atoms with van der Waals surface area (Å²) < 4.78 is 12.6. The van der Waals surface area contributed by atoms with E-state index in [9.17, 15) is 4.79 Å². The van der Waals surface area contributed by atoms with Crippen molar-refractivity contribution in [1.29, 1.82) is 0 Å². The van der Waals surface area contributed by atoms with Crippen molar-refractivity contribution >= 4 is 42.5 Å². The van der Waals surface area contributed by atoms with Crippen molar-refractivity contribution in [3.8, 4) is 11.4 Å². The normalized spacial score (nSPS) is 14.9. The number of anilines is 1. The summed E-state index contributed by atoms with van der Waals surface area (Å²) in [6, 6.07) is 6.69. The summed E-state index contributed by atoms with van der Waals surface area (Å²) in [4.78, 5) is 21.3. The van der Waals surface area contributed by atoms with Crippen molar-refractivity contribution in [3.63, 3.8) is 0 Å². The molecule has 3 heterocycles. The van der Waals surface area contributed by atoms with Crippen LogP contribution in [-0.2, 0) is 16.2 Å². The Labute approximate surface area is 211 Å². The number of piperidine rings is 1. The molecule has 9 nitrogen and oxygen atoms in total. The lowest BCUT2D eigenvalue weighted by atomic mass is 10.1. The molecule has 0 unspecified atom stereocenters. The molecule has 1 saturated heterocycles. The number of nitrogens with one attached hydrogen (secondary N) is 2. The zero-order valence-corrected chi connectivity index (χ0v) is 22.5. The molecule has 2 aromatic heterocycles. The zero-order chi connectivity index (χ0) is 25.0. The highest BCUT2D eigenvalue weighted by Gasteiger charge is 2.21. The number of rotatable bonds is 9. The molecule has 1 aliphatic heterocycles. The number of nitrogens with zero attached hydrogens (tertiary/aromatic N) is 4. The fourth-order valence-electron chi connectivity index (χ4n) is 3.97. The third kappa shape index (κ3) is 6.37. The molecule has 1 fully saturated rings. The quantitative estimate of drug-likeness (QED) is 0.245. The fourth-order valence-corrected chi connectivity index (χ4v) is 4.91. The molecule has 188 valence electrons. The number of hydrogen-bond donors (Lipinski definition) is 2. The first-order valence-electron chi connectivity index (χ1n) is 11.9. The van der Waals surface area contributed by atoms with Crippen LogP contribution in [0.3, 0.4) is 0 Å². The van der Waals surface area contributed by atoms with Crippen LogP contribution in [0.2, 0.25) is 30.7 Å². The maximum absolute atomic E-state index is 12.2. The predicted octanol–water partition coefficient (Wildman–Crippen LogP) is 4.41. The van der Waals surface area contributed by atoms with E-state index in [0.29, 0.717) is 40.6 Å². The molecule has 35 heavy (non-hydrogen) atoms. The fraction of sp³-hybridized carbons (Fsp3) is 0.500. The molecule has 1 aliphatic rings. The van der Waals surface area contributed by atoms with Crippen LogP contribution in [0.5, 0.6) is 0 Å². The highest BCUT2D eigenvalue weighted by molar-refractivity contribution is 6.76. The van der Waals surface area contributed by atoms with E-state index in [1.807, 2.05) is 6.07 Å². The van der Waals surface area contributed by atoms with E-state index in [2.05, 4.69) is 35.3 Å². The number of ether oxygens (including phenoxy) is 2. The van der Waals surface area contributed by atoms with E-state index >= 15 is 0 Å². The van der Waals surface area contributed by atoms with Gasteiger partial charge in [0.15, 0.2) is 0 Å². The van der Waals surface area contributed by atoms with Crippen molar-refractivity contribution in [2.45, 2.75) is 51.3 Å². The molecule has 0 radical (unpaired) electrons. The molecule has 1 aromatic carbocycles. The molecule has 0 aliphatic carbocycles. The number of aromatic nitrogens is 4. The Bertz CT molecular complexity index is 1190. The number of benzene rings is 1. The first-order chi connectivity index (χ1) is 16.7. The monoisotopic (exact) mass is 516 g/mol. The molecule has 11 heteroatoms. The molecule has 2 N–H and O–H groups in total. The maximum atomic E-state index is 12.2. The molecule has 0 bridgehead atoms. The molecule has 4 rings (SSSR count). The number of carbonyl (C=O) groups excluding carboxylic acids is 1. The van der Waals surface area contributed by atoms with Gasteiger partial charge in [-0.1, -0.05) is 31.2 Å². The van der Waals surface area contributed by atoms with Crippen molar-refractivity contribution in [2.24, 2.45) is 0 Å². The Balaban J connectivity index is 1.68. The minimum absolute atomic E-state index is 0.258. The van der Waals surface area contributed by atoms with Crippen LogP contribution in [0.4, 0.5) is 5.95 Å². The van der Waals surface area contributed by atoms with Gasteiger partial charge in [0.05, 0.1) is 29.4 Å². The van der Waals surface area contributed by atoms with E-state index in [0.717, 1.165) is 42.9 Å². The van der Waals surface area contributed by atoms with Gasteiger partial charge in [0.25, 0.3) is 0 Å². The Morgan fingerprint density at radius 2 is 2.03 bits per heavy atom. The summed E-state index contributed by atoms with van der Waals surface area (Å²) in [7, 11) is 0.148. The first-order valence-corrected chi connectivity index (χ1v) is 16.0. The number of methoxy groups -OCH3 is 1. The van der Waals surface area contributed by atoms with Gasteiger partial charge in [-0.2, -0.15) is 5.10 Å². The van der Waals surface area contributed by atoms with Crippen LogP contribution in [0.15, 0.2) is 24.4 Å². The van der Waals surface area contributed by atoms with Gasteiger partial charge in [0.1, 0.15) is 18.1 Å². The van der Waals surface area contributed by atoms with Gasteiger partial charge in [-0.3, -0.25) is 0 Å². The molecule has 0 spiro atoms. The number of hydrogen-bond acceptors (Lipinski definition) is 8. The topological polar surface area (TPSA) is 103 Å². The SMILES string of the molecule is COC(=O)c1ccc2c(-c3nc(NC4CCNCC4)ncc3Cl)nn(COCC[Si](C)(C)C)c2c1. The smallest absolute Gasteiger partial charge is 0.337 e. The average molecular weight is 517 g/mol. The van der Waals surface area contributed by atoms with Gasteiger partial charge >= 0.3 is 5.97 Å². The Hall–Kier alpha value is -2.53. The lowest BCUT2D eigenvalue weighted by Gasteiger charge is -2.23. The highest BCUT2D eigenvalue weighted by Crippen LogP contribution is 2.32. The average Bonchev–Trinajstić information content (AvgIpc) is 3.20. The van der Waals surface area contributed by atoms with Crippen LogP contribution in [0, 0.1) is 0 Å². The first kappa shape index (κ1) is 25.6. The van der Waals surface area contributed by atoms with Crippen LogP contribution < -0.4 is 10.6 Å². The van der Waals surface area contributed by atoms with E-state index in [4.69, 9.17) is 31.2 Å². The zero-order valence-electron chi connectivity index (χ0n) is 20.7. The second-order valence-corrected chi connectivity index (χ2v) is 16.0. The van der Waals surface area contributed by atoms with E-state index in [-0.39, 0.29) is 6.73 Å². The summed E-state index contributed by atoms with van der Waals surface area (Å²) >= 11 is 6.55. The highest BCUT2D eigenvalue weighted by atomic mass is 35.5. The van der Waals surface area contributed by atoms with Crippen LogP contribution >= 0.6 is 11.6 Å².